The highest BCUT2D eigenvalue weighted by molar-refractivity contribution is 6.21. The summed E-state index contributed by atoms with van der Waals surface area (Å²) < 4.78 is 13.2. The lowest BCUT2D eigenvalue weighted by atomic mass is 9.99. The van der Waals surface area contributed by atoms with Crippen LogP contribution in [0.2, 0.25) is 0 Å². The number of benzene rings is 8. The molecular formula is C46H29NO2. The molecule has 49 heavy (non-hydrogen) atoms. The highest BCUT2D eigenvalue weighted by Gasteiger charge is 2.21. The van der Waals surface area contributed by atoms with Gasteiger partial charge in [-0.2, -0.15) is 0 Å². The third-order valence-corrected chi connectivity index (χ3v) is 9.66. The van der Waals surface area contributed by atoms with Crippen molar-refractivity contribution in [1.29, 1.82) is 0 Å². The van der Waals surface area contributed by atoms with E-state index in [0.29, 0.717) is 0 Å². The average molecular weight is 628 g/mol. The second-order valence-corrected chi connectivity index (χ2v) is 12.5. The van der Waals surface area contributed by atoms with Gasteiger partial charge in [-0.1, -0.05) is 140 Å². The predicted molar refractivity (Wildman–Crippen MR) is 204 cm³/mol. The zero-order valence-electron chi connectivity index (χ0n) is 26.5. The van der Waals surface area contributed by atoms with Crippen LogP contribution in [0, 0.1) is 0 Å². The molecule has 0 aliphatic carbocycles. The highest BCUT2D eigenvalue weighted by atomic mass is 16.3. The number of furan rings is 2. The first kappa shape index (κ1) is 27.5. The fraction of sp³-hybridized carbons (Fsp3) is 0. The fourth-order valence-corrected chi connectivity index (χ4v) is 7.40. The molecule has 2 heterocycles. The number of rotatable bonds is 5. The van der Waals surface area contributed by atoms with Crippen LogP contribution in [0.4, 0.5) is 17.1 Å². The van der Waals surface area contributed by atoms with Gasteiger partial charge in [0.2, 0.25) is 0 Å². The first-order valence-electron chi connectivity index (χ1n) is 16.6. The van der Waals surface area contributed by atoms with Gasteiger partial charge in [-0.25, -0.2) is 0 Å². The topological polar surface area (TPSA) is 29.5 Å². The zero-order valence-corrected chi connectivity index (χ0v) is 26.5. The van der Waals surface area contributed by atoms with E-state index in [2.05, 4.69) is 163 Å². The van der Waals surface area contributed by atoms with Crippen LogP contribution >= 0.6 is 0 Å². The maximum absolute atomic E-state index is 6.79. The average Bonchev–Trinajstić information content (AvgIpc) is 3.75. The summed E-state index contributed by atoms with van der Waals surface area (Å²) in [5, 5.41) is 6.66. The molecule has 10 aromatic rings. The van der Waals surface area contributed by atoms with Gasteiger partial charge in [0.25, 0.3) is 0 Å². The van der Waals surface area contributed by atoms with Gasteiger partial charge in [0.15, 0.2) is 0 Å². The Bertz CT molecular complexity index is 2810. The Balaban J connectivity index is 1.18. The van der Waals surface area contributed by atoms with Gasteiger partial charge in [0.1, 0.15) is 22.3 Å². The van der Waals surface area contributed by atoms with Crippen molar-refractivity contribution in [3.63, 3.8) is 0 Å². The standard InChI is InChI=1S/C46H29NO2/c1-3-13-30(14-4-1)34-20-12-23-40-41-29-42(36-17-7-8-19-38(36)46(41)49-45(34)40)47(32-15-5-2-6-16-32)33-27-25-31(26-28-33)35-21-11-22-39-37-18-9-10-24-43(37)48-44(35)39/h1-29H. The van der Waals surface area contributed by atoms with Crippen LogP contribution < -0.4 is 4.90 Å². The van der Waals surface area contributed by atoms with Gasteiger partial charge in [0.05, 0.1) is 5.69 Å². The van der Waals surface area contributed by atoms with Gasteiger partial charge in [-0.05, 0) is 47.5 Å². The Kier molecular flexibility index (Phi) is 6.18. The van der Waals surface area contributed by atoms with E-state index in [9.17, 15) is 0 Å². The van der Waals surface area contributed by atoms with Crippen molar-refractivity contribution in [1.82, 2.24) is 0 Å². The molecular weight excluding hydrogens is 599 g/mol. The summed E-state index contributed by atoms with van der Waals surface area (Å²) in [6, 6.07) is 61.9. The highest BCUT2D eigenvalue weighted by Crippen LogP contribution is 2.46. The summed E-state index contributed by atoms with van der Waals surface area (Å²) in [5.41, 5.74) is 11.3. The first-order valence-corrected chi connectivity index (χ1v) is 16.6. The molecule has 0 aliphatic heterocycles. The third kappa shape index (κ3) is 4.37. The number of nitrogens with zero attached hydrogens (tertiary/aromatic N) is 1. The minimum absolute atomic E-state index is 0.903. The number of anilines is 3. The quantitative estimate of drug-likeness (QED) is 0.190. The van der Waals surface area contributed by atoms with E-state index in [1.807, 2.05) is 18.2 Å². The maximum atomic E-state index is 6.79. The molecule has 3 heteroatoms. The third-order valence-electron chi connectivity index (χ3n) is 9.66. The summed E-state index contributed by atoms with van der Waals surface area (Å²) in [4.78, 5) is 2.35. The second-order valence-electron chi connectivity index (χ2n) is 12.5. The molecule has 0 radical (unpaired) electrons. The fourth-order valence-electron chi connectivity index (χ4n) is 7.40. The molecule has 0 bridgehead atoms. The van der Waals surface area contributed by atoms with Crippen molar-refractivity contribution in [3.05, 3.63) is 176 Å². The zero-order chi connectivity index (χ0) is 32.3. The van der Waals surface area contributed by atoms with Crippen LogP contribution in [0.5, 0.6) is 0 Å². The Hall–Kier alpha value is -6.58. The molecule has 0 spiro atoms. The van der Waals surface area contributed by atoms with Crippen molar-refractivity contribution >= 4 is 71.7 Å². The Morgan fingerprint density at radius 1 is 0.327 bits per heavy atom. The Morgan fingerprint density at radius 3 is 1.57 bits per heavy atom. The van der Waals surface area contributed by atoms with E-state index in [1.165, 1.54) is 0 Å². The van der Waals surface area contributed by atoms with E-state index >= 15 is 0 Å². The molecule has 0 unspecified atom stereocenters. The first-order chi connectivity index (χ1) is 24.3. The minimum atomic E-state index is 0.903. The molecule has 0 fully saturated rings. The number of hydrogen-bond donors (Lipinski definition) is 0. The molecule has 0 saturated heterocycles. The molecule has 2 aromatic heterocycles. The summed E-state index contributed by atoms with van der Waals surface area (Å²) >= 11 is 0. The van der Waals surface area contributed by atoms with Crippen molar-refractivity contribution in [2.75, 3.05) is 4.90 Å². The van der Waals surface area contributed by atoms with E-state index in [-0.39, 0.29) is 0 Å². The normalized spacial score (nSPS) is 11.7. The molecule has 0 saturated carbocycles. The van der Waals surface area contributed by atoms with Gasteiger partial charge in [-0.3, -0.25) is 0 Å². The molecule has 10 rings (SSSR count). The summed E-state index contributed by atoms with van der Waals surface area (Å²) in [7, 11) is 0. The Labute approximate surface area is 282 Å². The van der Waals surface area contributed by atoms with Gasteiger partial charge in [0, 0.05) is 54.8 Å². The van der Waals surface area contributed by atoms with Crippen LogP contribution in [0.3, 0.4) is 0 Å². The molecule has 0 amide bonds. The van der Waals surface area contributed by atoms with Gasteiger partial charge < -0.3 is 13.7 Å². The van der Waals surface area contributed by atoms with Crippen LogP contribution in [0.25, 0.3) is 76.9 Å². The molecule has 0 N–H and O–H groups in total. The molecule has 230 valence electrons. The van der Waals surface area contributed by atoms with Gasteiger partial charge >= 0.3 is 0 Å². The smallest absolute Gasteiger partial charge is 0.143 e. The number of fused-ring (bicyclic) bond motifs is 8. The van der Waals surface area contributed by atoms with Gasteiger partial charge in [-0.15, -0.1) is 0 Å². The largest absolute Gasteiger partial charge is 0.455 e. The van der Waals surface area contributed by atoms with E-state index in [4.69, 9.17) is 8.83 Å². The SMILES string of the molecule is c1ccc(-c2cccc3c2oc2c4ccccc4c(N(c4ccccc4)c4ccc(-c5cccc6c5oc5ccccc56)cc4)cc32)cc1. The number of hydrogen-bond acceptors (Lipinski definition) is 3. The molecule has 0 aliphatic rings. The lowest BCUT2D eigenvalue weighted by Crippen LogP contribution is -2.10. The van der Waals surface area contributed by atoms with Crippen molar-refractivity contribution < 1.29 is 8.83 Å². The predicted octanol–water partition coefficient (Wildman–Crippen LogP) is 13.4. The van der Waals surface area contributed by atoms with E-state index in [0.717, 1.165) is 94.0 Å². The summed E-state index contributed by atoms with van der Waals surface area (Å²) in [5.74, 6) is 0. The number of para-hydroxylation sites is 4. The maximum Gasteiger partial charge on any atom is 0.143 e. The summed E-state index contributed by atoms with van der Waals surface area (Å²) in [6.07, 6.45) is 0. The lowest BCUT2D eigenvalue weighted by molar-refractivity contribution is 0.670. The molecule has 8 aromatic carbocycles. The minimum Gasteiger partial charge on any atom is -0.455 e. The van der Waals surface area contributed by atoms with E-state index < -0.39 is 0 Å². The van der Waals surface area contributed by atoms with E-state index in [1.54, 1.807) is 0 Å². The van der Waals surface area contributed by atoms with Crippen LogP contribution in [-0.4, -0.2) is 0 Å². The Morgan fingerprint density at radius 2 is 0.837 bits per heavy atom. The lowest BCUT2D eigenvalue weighted by Gasteiger charge is -2.27. The molecule has 3 nitrogen and oxygen atoms in total. The van der Waals surface area contributed by atoms with Crippen molar-refractivity contribution in [2.45, 2.75) is 0 Å². The van der Waals surface area contributed by atoms with Crippen LogP contribution in [-0.2, 0) is 0 Å². The molecule has 0 atom stereocenters. The van der Waals surface area contributed by atoms with Crippen LogP contribution in [0.1, 0.15) is 0 Å². The van der Waals surface area contributed by atoms with Crippen molar-refractivity contribution in [3.8, 4) is 22.3 Å². The van der Waals surface area contributed by atoms with Crippen molar-refractivity contribution in [2.24, 2.45) is 0 Å². The van der Waals surface area contributed by atoms with Crippen LogP contribution in [0.15, 0.2) is 185 Å². The monoisotopic (exact) mass is 627 g/mol. The summed E-state index contributed by atoms with van der Waals surface area (Å²) in [6.45, 7) is 0. The second kappa shape index (κ2) is 11.0.